The molecule has 100 valence electrons. The summed E-state index contributed by atoms with van der Waals surface area (Å²) in [5.41, 5.74) is 1.54. The Balaban J connectivity index is 2.12. The molecule has 0 radical (unpaired) electrons. The van der Waals surface area contributed by atoms with Crippen molar-refractivity contribution < 1.29 is 9.63 Å². The lowest BCUT2D eigenvalue weighted by atomic mass is 10.2. The highest BCUT2D eigenvalue weighted by Gasteiger charge is 2.16. The minimum atomic E-state index is -0.719. The van der Waals surface area contributed by atoms with Crippen molar-refractivity contribution in [2.24, 2.45) is 0 Å². The van der Waals surface area contributed by atoms with Gasteiger partial charge in [-0.25, -0.2) is 9.78 Å². The molecule has 1 heterocycles. The van der Waals surface area contributed by atoms with Gasteiger partial charge in [0.1, 0.15) is 4.60 Å². The van der Waals surface area contributed by atoms with E-state index in [2.05, 4.69) is 26.2 Å². The molecule has 1 N–H and O–H groups in total. The monoisotopic (exact) mass is 363 g/mol. The van der Waals surface area contributed by atoms with E-state index in [0.29, 0.717) is 10.3 Å². The van der Waals surface area contributed by atoms with Gasteiger partial charge in [0.05, 0.1) is 0 Å². The van der Waals surface area contributed by atoms with Crippen LogP contribution in [0.4, 0.5) is 10.5 Å². The lowest BCUT2D eigenvalue weighted by Gasteiger charge is -2.09. The fourth-order valence-electron chi connectivity index (χ4n) is 1.34. The van der Waals surface area contributed by atoms with Gasteiger partial charge in [0.2, 0.25) is 5.28 Å². The van der Waals surface area contributed by atoms with Gasteiger partial charge >= 0.3 is 6.09 Å². The predicted octanol–water partition coefficient (Wildman–Crippen LogP) is 3.92. The van der Waals surface area contributed by atoms with E-state index in [1.807, 2.05) is 19.1 Å². The Hall–Kier alpha value is -1.24. The topological polar surface area (TPSA) is 56.1 Å². The summed E-state index contributed by atoms with van der Waals surface area (Å²) < 4.78 is 1.21. The first-order valence-corrected chi connectivity index (χ1v) is 6.68. The van der Waals surface area contributed by atoms with Gasteiger partial charge in [-0.1, -0.05) is 29.8 Å². The Labute approximate surface area is 127 Å². The van der Waals surface area contributed by atoms with Crippen LogP contribution < -0.4 is 10.2 Å². The average Bonchev–Trinajstić information content (AvgIpc) is 2.59. The molecule has 0 fully saturated rings. The number of imidazole rings is 1. The Morgan fingerprint density at radius 1 is 1.42 bits per heavy atom. The number of aromatic nitrogens is 2. The Kier molecular flexibility index (Phi) is 4.34. The summed E-state index contributed by atoms with van der Waals surface area (Å²) >= 11 is 14.7. The molecule has 1 aromatic heterocycles. The molecule has 1 aromatic carbocycles. The zero-order valence-electron chi connectivity index (χ0n) is 9.65. The van der Waals surface area contributed by atoms with Crippen LogP contribution in [0.3, 0.4) is 0 Å². The summed E-state index contributed by atoms with van der Waals surface area (Å²) in [6, 6.07) is 7.29. The zero-order chi connectivity index (χ0) is 14.0. The van der Waals surface area contributed by atoms with Gasteiger partial charge < -0.3 is 4.84 Å². The molecule has 0 atom stereocenters. The zero-order valence-corrected chi connectivity index (χ0v) is 12.8. The van der Waals surface area contributed by atoms with Crippen LogP contribution >= 0.6 is 39.1 Å². The van der Waals surface area contributed by atoms with E-state index in [1.54, 1.807) is 12.1 Å². The number of amides is 1. The third-order valence-corrected chi connectivity index (χ3v) is 3.61. The standard InChI is InChI=1S/C11H8BrCl2N3O2/c1-6-4-2-3-5-7(6)15-11(18)19-17-9(13)8(12)16-10(17)14/h2-5H,1H3,(H,15,18). The van der Waals surface area contributed by atoms with Crippen molar-refractivity contribution in [3.05, 3.63) is 44.9 Å². The second kappa shape index (κ2) is 5.81. The van der Waals surface area contributed by atoms with E-state index in [-0.39, 0.29) is 10.4 Å². The Morgan fingerprint density at radius 2 is 2.11 bits per heavy atom. The third-order valence-electron chi connectivity index (χ3n) is 2.26. The molecule has 5 nitrogen and oxygen atoms in total. The van der Waals surface area contributed by atoms with E-state index >= 15 is 0 Å². The number of aryl methyl sites for hydroxylation is 1. The number of carbonyl (C=O) groups is 1. The number of para-hydroxylation sites is 1. The summed E-state index contributed by atoms with van der Waals surface area (Å²) in [7, 11) is 0. The molecule has 2 aromatic rings. The van der Waals surface area contributed by atoms with Crippen molar-refractivity contribution >= 4 is 50.9 Å². The highest BCUT2D eigenvalue weighted by Crippen LogP contribution is 2.24. The molecule has 0 saturated heterocycles. The summed E-state index contributed by atoms with van der Waals surface area (Å²) in [6.45, 7) is 1.86. The lowest BCUT2D eigenvalue weighted by molar-refractivity contribution is 0.148. The molecule has 0 saturated carbocycles. The predicted molar refractivity (Wildman–Crippen MR) is 76.7 cm³/mol. The Bertz CT molecular complexity index is 630. The summed E-state index contributed by atoms with van der Waals surface area (Å²) in [5.74, 6) is 0. The first-order chi connectivity index (χ1) is 8.99. The number of hydrogen-bond donors (Lipinski definition) is 1. The molecule has 0 unspecified atom stereocenters. The molecular formula is C11H8BrCl2N3O2. The molecule has 0 aliphatic rings. The van der Waals surface area contributed by atoms with Crippen LogP contribution in [0.25, 0.3) is 0 Å². The van der Waals surface area contributed by atoms with E-state index < -0.39 is 6.09 Å². The number of rotatable bonds is 2. The minimum absolute atomic E-state index is 0.0585. The highest BCUT2D eigenvalue weighted by molar-refractivity contribution is 9.10. The lowest BCUT2D eigenvalue weighted by Crippen LogP contribution is -2.25. The van der Waals surface area contributed by atoms with Gasteiger partial charge in [-0.05, 0) is 46.1 Å². The third kappa shape index (κ3) is 3.20. The highest BCUT2D eigenvalue weighted by atomic mass is 79.9. The van der Waals surface area contributed by atoms with Crippen molar-refractivity contribution in [1.82, 2.24) is 9.71 Å². The average molecular weight is 365 g/mol. The molecular weight excluding hydrogens is 357 g/mol. The molecule has 2 rings (SSSR count). The van der Waals surface area contributed by atoms with Gasteiger partial charge in [-0.2, -0.15) is 0 Å². The number of anilines is 1. The maximum atomic E-state index is 11.7. The van der Waals surface area contributed by atoms with Crippen LogP contribution in [-0.4, -0.2) is 15.8 Å². The normalized spacial score (nSPS) is 10.3. The van der Waals surface area contributed by atoms with Gasteiger partial charge in [0.25, 0.3) is 0 Å². The first-order valence-electron chi connectivity index (χ1n) is 5.13. The largest absolute Gasteiger partial charge is 0.436 e. The van der Waals surface area contributed by atoms with Crippen LogP contribution in [0.1, 0.15) is 5.56 Å². The van der Waals surface area contributed by atoms with Crippen LogP contribution in [0, 0.1) is 6.92 Å². The second-order valence-electron chi connectivity index (χ2n) is 3.58. The summed E-state index contributed by atoms with van der Waals surface area (Å²) in [6.07, 6.45) is -0.719. The van der Waals surface area contributed by atoms with Crippen molar-refractivity contribution in [2.75, 3.05) is 5.32 Å². The fourth-order valence-corrected chi connectivity index (χ4v) is 2.18. The molecule has 19 heavy (non-hydrogen) atoms. The van der Waals surface area contributed by atoms with Crippen molar-refractivity contribution in [3.63, 3.8) is 0 Å². The number of benzene rings is 1. The SMILES string of the molecule is Cc1ccccc1NC(=O)On1c(Cl)nc(Br)c1Cl. The number of hydrogen-bond acceptors (Lipinski definition) is 3. The maximum absolute atomic E-state index is 11.7. The number of halogens is 3. The van der Waals surface area contributed by atoms with Crippen LogP contribution in [-0.2, 0) is 0 Å². The smallest absolute Gasteiger partial charge is 0.313 e. The van der Waals surface area contributed by atoms with E-state index in [4.69, 9.17) is 28.0 Å². The molecule has 0 aliphatic carbocycles. The van der Waals surface area contributed by atoms with Crippen LogP contribution in [0.2, 0.25) is 10.4 Å². The second-order valence-corrected chi connectivity index (χ2v) is 5.02. The van der Waals surface area contributed by atoms with Gasteiger partial charge in [-0.3, -0.25) is 5.32 Å². The summed E-state index contributed by atoms with van der Waals surface area (Å²) in [5, 5.41) is 2.60. The van der Waals surface area contributed by atoms with Crippen molar-refractivity contribution in [1.29, 1.82) is 0 Å². The first kappa shape index (κ1) is 14.2. The number of nitrogens with one attached hydrogen (secondary N) is 1. The molecule has 8 heteroatoms. The molecule has 1 amide bonds. The van der Waals surface area contributed by atoms with E-state index in [1.165, 1.54) is 0 Å². The molecule has 0 spiro atoms. The van der Waals surface area contributed by atoms with E-state index in [0.717, 1.165) is 10.3 Å². The van der Waals surface area contributed by atoms with Gasteiger partial charge in [0.15, 0.2) is 5.15 Å². The van der Waals surface area contributed by atoms with Gasteiger partial charge in [0, 0.05) is 5.69 Å². The number of nitrogens with zero attached hydrogens (tertiary/aromatic N) is 2. The van der Waals surface area contributed by atoms with Crippen molar-refractivity contribution in [3.8, 4) is 0 Å². The quantitative estimate of drug-likeness (QED) is 0.878. The fraction of sp³-hybridized carbons (Fsp3) is 0.0909. The van der Waals surface area contributed by atoms with Crippen LogP contribution in [0.5, 0.6) is 0 Å². The van der Waals surface area contributed by atoms with E-state index in [9.17, 15) is 4.79 Å². The maximum Gasteiger partial charge on any atom is 0.436 e. The molecule has 0 bridgehead atoms. The molecule has 0 aliphatic heterocycles. The minimum Gasteiger partial charge on any atom is -0.313 e. The van der Waals surface area contributed by atoms with Crippen LogP contribution in [0.15, 0.2) is 28.9 Å². The van der Waals surface area contributed by atoms with Gasteiger partial charge in [-0.15, -0.1) is 4.73 Å². The summed E-state index contributed by atoms with van der Waals surface area (Å²) in [4.78, 5) is 20.5. The Morgan fingerprint density at radius 3 is 2.68 bits per heavy atom. The number of carbonyl (C=O) groups excluding carboxylic acids is 1. The van der Waals surface area contributed by atoms with Crippen molar-refractivity contribution in [2.45, 2.75) is 6.92 Å².